The summed E-state index contributed by atoms with van der Waals surface area (Å²) in [4.78, 5) is 23.7. The van der Waals surface area contributed by atoms with Gasteiger partial charge in [-0.25, -0.2) is 4.79 Å². The third kappa shape index (κ3) is 2.63. The minimum Gasteiger partial charge on any atom is -0.478 e. The van der Waals surface area contributed by atoms with E-state index in [1.165, 1.54) is 0 Å². The Kier molecular flexibility index (Phi) is 3.74. The maximum Gasteiger partial charge on any atom is 0.339 e. The molecule has 3 rings (SSSR count). The molecule has 1 aliphatic heterocycles. The fourth-order valence-electron chi connectivity index (χ4n) is 2.60. The molecule has 0 aliphatic carbocycles. The number of benzene rings is 2. The van der Waals surface area contributed by atoms with Crippen LogP contribution in [0.5, 0.6) is 0 Å². The lowest BCUT2D eigenvalue weighted by Crippen LogP contribution is -2.05. The highest BCUT2D eigenvalue weighted by Gasteiger charge is 2.35. The molecule has 0 bridgehead atoms. The van der Waals surface area contributed by atoms with Crippen LogP contribution in [0.2, 0.25) is 0 Å². The molecule has 0 radical (unpaired) electrons. The smallest absolute Gasteiger partial charge is 0.339 e. The number of hydrogen-bond donors (Lipinski definition) is 1. The highest BCUT2D eigenvalue weighted by Crippen LogP contribution is 2.37. The highest BCUT2D eigenvalue weighted by atomic mass is 16.5. The van der Waals surface area contributed by atoms with Crippen LogP contribution < -0.4 is 0 Å². The average Bonchev–Trinajstić information content (AvgIpc) is 2.90. The van der Waals surface area contributed by atoms with Crippen LogP contribution in [0.3, 0.4) is 0 Å². The van der Waals surface area contributed by atoms with Crippen LogP contribution >= 0.6 is 0 Å². The topological polar surface area (TPSA) is 63.6 Å². The quantitative estimate of drug-likeness (QED) is 0.697. The number of ether oxygens (including phenoxy) is 1. The van der Waals surface area contributed by atoms with Crippen molar-refractivity contribution in [1.82, 2.24) is 0 Å². The molecule has 1 fully saturated rings. The first-order chi connectivity index (χ1) is 10.7. The average molecular weight is 294 g/mol. The zero-order valence-corrected chi connectivity index (χ0v) is 11.7. The Morgan fingerprint density at radius 1 is 1.00 bits per heavy atom. The van der Waals surface area contributed by atoms with E-state index in [4.69, 9.17) is 4.74 Å². The first kappa shape index (κ1) is 14.1. The SMILES string of the molecule is O=C(O)/C(=C1\CC(c2ccccc2)C(=O)O1)c1ccccc1. The third-order valence-corrected chi connectivity index (χ3v) is 3.65. The van der Waals surface area contributed by atoms with Gasteiger partial charge in [0.1, 0.15) is 11.3 Å². The predicted octanol–water partition coefficient (Wildman–Crippen LogP) is 3.21. The molecule has 1 aliphatic rings. The summed E-state index contributed by atoms with van der Waals surface area (Å²) in [6, 6.07) is 18.0. The molecular weight excluding hydrogens is 280 g/mol. The van der Waals surface area contributed by atoms with Gasteiger partial charge in [-0.2, -0.15) is 0 Å². The van der Waals surface area contributed by atoms with Gasteiger partial charge in [-0.05, 0) is 11.1 Å². The van der Waals surface area contributed by atoms with Crippen molar-refractivity contribution in [3.8, 4) is 0 Å². The Morgan fingerprint density at radius 3 is 2.18 bits per heavy atom. The molecule has 2 aromatic carbocycles. The molecule has 1 unspecified atom stereocenters. The fourth-order valence-corrected chi connectivity index (χ4v) is 2.60. The molecule has 1 saturated heterocycles. The number of rotatable bonds is 3. The lowest BCUT2D eigenvalue weighted by Gasteiger charge is -2.06. The summed E-state index contributed by atoms with van der Waals surface area (Å²) >= 11 is 0. The van der Waals surface area contributed by atoms with E-state index >= 15 is 0 Å². The molecule has 0 amide bonds. The van der Waals surface area contributed by atoms with Gasteiger partial charge in [0.05, 0.1) is 5.92 Å². The second-order valence-electron chi connectivity index (χ2n) is 5.06. The van der Waals surface area contributed by atoms with Gasteiger partial charge in [-0.1, -0.05) is 60.7 Å². The highest BCUT2D eigenvalue weighted by molar-refractivity contribution is 6.16. The normalized spacial score (nSPS) is 19.6. The van der Waals surface area contributed by atoms with Crippen molar-refractivity contribution < 1.29 is 19.4 Å². The molecule has 1 heterocycles. The minimum atomic E-state index is -1.09. The summed E-state index contributed by atoms with van der Waals surface area (Å²) in [7, 11) is 0. The summed E-state index contributed by atoms with van der Waals surface area (Å²) in [5.41, 5.74) is 1.42. The summed E-state index contributed by atoms with van der Waals surface area (Å²) in [5, 5.41) is 9.48. The number of allylic oxidation sites excluding steroid dienone is 1. The van der Waals surface area contributed by atoms with Crippen molar-refractivity contribution in [2.45, 2.75) is 12.3 Å². The van der Waals surface area contributed by atoms with Gasteiger partial charge in [0.2, 0.25) is 0 Å². The number of hydrogen-bond acceptors (Lipinski definition) is 3. The predicted molar refractivity (Wildman–Crippen MR) is 80.9 cm³/mol. The van der Waals surface area contributed by atoms with Crippen LogP contribution in [-0.4, -0.2) is 17.0 Å². The van der Waals surface area contributed by atoms with Crippen molar-refractivity contribution in [1.29, 1.82) is 0 Å². The number of carboxylic acid groups (broad SMARTS) is 1. The van der Waals surface area contributed by atoms with Crippen LogP contribution in [0.25, 0.3) is 5.57 Å². The molecule has 1 N–H and O–H groups in total. The molecule has 4 nitrogen and oxygen atoms in total. The molecule has 22 heavy (non-hydrogen) atoms. The van der Waals surface area contributed by atoms with E-state index in [1.807, 2.05) is 30.3 Å². The van der Waals surface area contributed by atoms with Crippen LogP contribution in [0.15, 0.2) is 66.4 Å². The van der Waals surface area contributed by atoms with E-state index < -0.39 is 17.9 Å². The summed E-state index contributed by atoms with van der Waals surface area (Å²) < 4.78 is 5.27. The first-order valence-corrected chi connectivity index (χ1v) is 6.95. The van der Waals surface area contributed by atoms with Crippen molar-refractivity contribution in [2.24, 2.45) is 0 Å². The first-order valence-electron chi connectivity index (χ1n) is 6.95. The second-order valence-corrected chi connectivity index (χ2v) is 5.06. The minimum absolute atomic E-state index is 0.0485. The molecule has 0 saturated carbocycles. The Bertz CT molecular complexity index is 732. The van der Waals surface area contributed by atoms with Gasteiger partial charge < -0.3 is 9.84 Å². The third-order valence-electron chi connectivity index (χ3n) is 3.65. The fraction of sp³-hybridized carbons (Fsp3) is 0.111. The van der Waals surface area contributed by atoms with Crippen molar-refractivity contribution >= 4 is 17.5 Å². The second kappa shape index (κ2) is 5.85. The van der Waals surface area contributed by atoms with Gasteiger partial charge in [-0.3, -0.25) is 4.79 Å². The van der Waals surface area contributed by atoms with E-state index in [0.717, 1.165) is 5.56 Å². The number of carboxylic acids is 1. The monoisotopic (exact) mass is 294 g/mol. The number of carbonyl (C=O) groups is 2. The standard InChI is InChI=1S/C18H14O4/c19-17(20)16(13-9-5-2-6-10-13)15-11-14(18(21)22-15)12-7-3-1-4-8-12/h1-10,14H,11H2,(H,19,20)/b16-15+. The Labute approximate surface area is 127 Å². The number of carbonyl (C=O) groups excluding carboxylic acids is 1. The Morgan fingerprint density at radius 2 is 1.59 bits per heavy atom. The van der Waals surface area contributed by atoms with Crippen molar-refractivity contribution in [2.75, 3.05) is 0 Å². The maximum atomic E-state index is 12.1. The van der Waals surface area contributed by atoms with E-state index in [0.29, 0.717) is 5.56 Å². The lowest BCUT2D eigenvalue weighted by atomic mass is 9.95. The van der Waals surface area contributed by atoms with Crippen LogP contribution in [0.4, 0.5) is 0 Å². The van der Waals surface area contributed by atoms with E-state index in [1.54, 1.807) is 30.3 Å². The van der Waals surface area contributed by atoms with Gasteiger partial charge in [0.25, 0.3) is 0 Å². The molecule has 1 atom stereocenters. The summed E-state index contributed by atoms with van der Waals surface area (Å²) in [6.45, 7) is 0. The van der Waals surface area contributed by atoms with Crippen molar-refractivity contribution in [3.63, 3.8) is 0 Å². The Hall–Kier alpha value is -2.88. The van der Waals surface area contributed by atoms with Crippen LogP contribution in [0.1, 0.15) is 23.5 Å². The van der Waals surface area contributed by atoms with Gasteiger partial charge >= 0.3 is 11.9 Å². The molecule has 0 aromatic heterocycles. The molecule has 0 spiro atoms. The Balaban J connectivity index is 2.00. The van der Waals surface area contributed by atoms with Crippen LogP contribution in [-0.2, 0) is 14.3 Å². The van der Waals surface area contributed by atoms with E-state index in [9.17, 15) is 14.7 Å². The maximum absolute atomic E-state index is 12.1. The number of aliphatic carboxylic acids is 1. The summed E-state index contributed by atoms with van der Waals surface area (Å²) in [6.07, 6.45) is 0.263. The van der Waals surface area contributed by atoms with Gasteiger partial charge in [0.15, 0.2) is 0 Å². The molecule has 4 heteroatoms. The largest absolute Gasteiger partial charge is 0.478 e. The molecule has 2 aromatic rings. The summed E-state index contributed by atoms with van der Waals surface area (Å²) in [5.74, 6) is -1.73. The van der Waals surface area contributed by atoms with Crippen molar-refractivity contribution in [3.05, 3.63) is 77.5 Å². The molecule has 110 valence electrons. The lowest BCUT2D eigenvalue weighted by molar-refractivity contribution is -0.136. The van der Waals surface area contributed by atoms with Crippen LogP contribution in [0, 0.1) is 0 Å². The molecular formula is C18H14O4. The van der Waals surface area contributed by atoms with E-state index in [-0.39, 0.29) is 17.8 Å². The van der Waals surface area contributed by atoms with Gasteiger partial charge in [-0.15, -0.1) is 0 Å². The zero-order valence-electron chi connectivity index (χ0n) is 11.7. The number of esters is 1. The van der Waals surface area contributed by atoms with E-state index in [2.05, 4.69) is 0 Å². The number of cyclic esters (lactones) is 1. The van der Waals surface area contributed by atoms with Gasteiger partial charge in [0, 0.05) is 6.42 Å². The zero-order chi connectivity index (χ0) is 15.5.